The van der Waals surface area contributed by atoms with Gasteiger partial charge in [0.1, 0.15) is 42.5 Å². The molecular weight excluding hydrogens is 691 g/mol. The second-order valence-corrected chi connectivity index (χ2v) is 13.2. The minimum atomic E-state index is -1.32. The second kappa shape index (κ2) is 12.8. The molecule has 0 spiro atoms. The lowest BCUT2D eigenvalue weighted by Crippen LogP contribution is -2.30. The molecule has 7 rings (SSSR count). The lowest BCUT2D eigenvalue weighted by atomic mass is 9.95. The number of carboxylic acid groups (broad SMARTS) is 1. The third-order valence-corrected chi connectivity index (χ3v) is 9.95. The summed E-state index contributed by atoms with van der Waals surface area (Å²) in [6.07, 6.45) is 0.0129. The van der Waals surface area contributed by atoms with E-state index in [0.29, 0.717) is 55.2 Å². The van der Waals surface area contributed by atoms with Crippen LogP contribution in [0.25, 0.3) is 21.3 Å². The number of aromatic nitrogens is 2. The molecule has 0 radical (unpaired) electrons. The Bertz CT molecular complexity index is 1860. The van der Waals surface area contributed by atoms with Gasteiger partial charge in [0.2, 0.25) is 12.0 Å². The van der Waals surface area contributed by atoms with Gasteiger partial charge in [0, 0.05) is 17.5 Å². The maximum Gasteiger partial charge on any atom is 0.345 e. The van der Waals surface area contributed by atoms with E-state index in [1.807, 2.05) is 44.2 Å². The van der Waals surface area contributed by atoms with Crippen LogP contribution in [0.1, 0.15) is 22.3 Å². The molecule has 3 aromatic carbocycles. The molecule has 0 saturated carbocycles. The zero-order valence-electron chi connectivity index (χ0n) is 23.5. The Morgan fingerprint density at radius 1 is 1.05 bits per heavy atom. The number of ether oxygens (including phenoxy) is 4. The van der Waals surface area contributed by atoms with Crippen LogP contribution in [0.2, 0.25) is 10.0 Å². The van der Waals surface area contributed by atoms with Crippen molar-refractivity contribution in [1.29, 1.82) is 0 Å². The van der Waals surface area contributed by atoms with Gasteiger partial charge >= 0.3 is 5.97 Å². The number of aliphatic carboxylic acids is 1. The third-order valence-electron chi connectivity index (χ3n) is 7.27. The quantitative estimate of drug-likeness (QED) is 0.198. The minimum absolute atomic E-state index is 0.0245. The van der Waals surface area contributed by atoms with E-state index in [9.17, 15) is 9.90 Å². The Morgan fingerprint density at radius 2 is 1.77 bits per heavy atom. The molecule has 1 N–H and O–H groups in total. The molecule has 4 bridgehead atoms. The standard InChI is InChI=1S/C32H25BrCl2N2O6S/c1-16-23-17(2)27(35)28(26(16)34)41-11-10-40-20-8-9-21(42-14-18-6-4-3-5-7-18)19(12-20)13-22(32(38)39)43-30-25-24(23)29(33)44-31(25)37-15-36-30/h3-9,12,15,22H,10-11,13-14H2,1-2H3,(H,38,39)/t22-/m1/s1. The fourth-order valence-corrected chi connectivity index (χ4v) is 7.39. The summed E-state index contributed by atoms with van der Waals surface area (Å²) in [6, 6.07) is 15.0. The number of hydrogen-bond acceptors (Lipinski definition) is 8. The van der Waals surface area contributed by atoms with Crippen molar-refractivity contribution in [3.8, 4) is 34.3 Å². The number of carbonyl (C=O) groups is 1. The van der Waals surface area contributed by atoms with Gasteiger partial charge in [-0.2, -0.15) is 0 Å². The zero-order valence-corrected chi connectivity index (χ0v) is 27.4. The normalized spacial score (nSPS) is 14.8. The van der Waals surface area contributed by atoms with Crippen LogP contribution in [0.3, 0.4) is 0 Å². The highest BCUT2D eigenvalue weighted by Gasteiger charge is 2.29. The number of nitrogens with zero attached hydrogens (tertiary/aromatic N) is 2. The molecule has 12 heteroatoms. The molecule has 4 heterocycles. The van der Waals surface area contributed by atoms with E-state index < -0.39 is 12.1 Å². The Hall–Kier alpha value is -3.57. The summed E-state index contributed by atoms with van der Waals surface area (Å²) in [5.41, 5.74) is 4.48. The predicted molar refractivity (Wildman–Crippen MR) is 174 cm³/mol. The van der Waals surface area contributed by atoms with Crippen molar-refractivity contribution in [3.63, 3.8) is 0 Å². The van der Waals surface area contributed by atoms with Gasteiger partial charge in [-0.1, -0.05) is 53.5 Å². The molecular formula is C32H25BrCl2N2O6S. The van der Waals surface area contributed by atoms with Crippen molar-refractivity contribution >= 4 is 66.7 Å². The minimum Gasteiger partial charge on any atom is -0.490 e. The molecule has 0 saturated heterocycles. The average molecular weight is 716 g/mol. The van der Waals surface area contributed by atoms with E-state index in [2.05, 4.69) is 25.9 Å². The van der Waals surface area contributed by atoms with E-state index in [1.165, 1.54) is 17.7 Å². The van der Waals surface area contributed by atoms with Gasteiger partial charge < -0.3 is 24.1 Å². The number of fused-ring (bicyclic) bond motifs is 7. The molecule has 0 amide bonds. The van der Waals surface area contributed by atoms with Gasteiger partial charge in [-0.3, -0.25) is 0 Å². The maximum atomic E-state index is 12.7. The summed E-state index contributed by atoms with van der Waals surface area (Å²) < 4.78 is 25.1. The summed E-state index contributed by atoms with van der Waals surface area (Å²) in [5.74, 6) is 0.341. The summed E-state index contributed by atoms with van der Waals surface area (Å²) in [5, 5.41) is 11.6. The lowest BCUT2D eigenvalue weighted by Gasteiger charge is -2.19. The Balaban J connectivity index is 1.49. The molecule has 1 atom stereocenters. The fraction of sp³-hybridized carbons (Fsp3) is 0.219. The topological polar surface area (TPSA) is 100 Å². The molecule has 8 nitrogen and oxygen atoms in total. The highest BCUT2D eigenvalue weighted by Crippen LogP contribution is 2.51. The first-order chi connectivity index (χ1) is 21.2. The van der Waals surface area contributed by atoms with E-state index in [1.54, 1.807) is 18.2 Å². The van der Waals surface area contributed by atoms with Crippen molar-refractivity contribution in [2.75, 3.05) is 13.2 Å². The first kappa shape index (κ1) is 30.5. The van der Waals surface area contributed by atoms with Gasteiger partial charge in [-0.25, -0.2) is 14.8 Å². The second-order valence-electron chi connectivity index (χ2n) is 10.1. The summed E-state index contributed by atoms with van der Waals surface area (Å²) in [6.45, 7) is 4.41. The average Bonchev–Trinajstić information content (AvgIpc) is 3.35. The van der Waals surface area contributed by atoms with Gasteiger partial charge in [0.05, 0.1) is 19.2 Å². The van der Waals surface area contributed by atoms with E-state index >= 15 is 0 Å². The first-order valence-electron chi connectivity index (χ1n) is 13.6. The number of carboxylic acids is 1. The van der Waals surface area contributed by atoms with Gasteiger partial charge in [-0.15, -0.1) is 11.3 Å². The fourth-order valence-electron chi connectivity index (χ4n) is 5.13. The van der Waals surface area contributed by atoms with E-state index in [-0.39, 0.29) is 25.5 Å². The SMILES string of the molecule is Cc1c(Cl)c2c(Cl)c(C)c1-c1c(Br)sc3ncnc(c13)O[C@@H](C(=O)O)Cc1cc(ccc1OCc1ccccc1)OCCO2. The van der Waals surface area contributed by atoms with E-state index in [4.69, 9.17) is 42.1 Å². The molecule has 0 aliphatic carbocycles. The van der Waals surface area contributed by atoms with E-state index in [0.717, 1.165) is 26.0 Å². The molecule has 2 aliphatic heterocycles. The summed E-state index contributed by atoms with van der Waals surface area (Å²) in [4.78, 5) is 22.1. The Labute approximate surface area is 275 Å². The smallest absolute Gasteiger partial charge is 0.345 e. The van der Waals surface area contributed by atoms with Gasteiger partial charge in [-0.05, 0) is 70.2 Å². The number of thiophene rings is 1. The van der Waals surface area contributed by atoms with Crippen molar-refractivity contribution in [2.24, 2.45) is 0 Å². The zero-order chi connectivity index (χ0) is 31.0. The van der Waals surface area contributed by atoms with Crippen LogP contribution in [-0.4, -0.2) is 40.4 Å². The molecule has 2 aromatic heterocycles. The number of hydrogen-bond donors (Lipinski definition) is 1. The highest BCUT2D eigenvalue weighted by atomic mass is 79.9. The summed E-state index contributed by atoms with van der Waals surface area (Å²) >= 11 is 18.7. The Morgan fingerprint density at radius 3 is 2.50 bits per heavy atom. The van der Waals surface area contributed by atoms with Crippen LogP contribution in [0, 0.1) is 13.8 Å². The molecule has 0 unspecified atom stereocenters. The van der Waals surface area contributed by atoms with Crippen LogP contribution in [-0.2, 0) is 17.8 Å². The van der Waals surface area contributed by atoms with Crippen LogP contribution in [0.15, 0.2) is 58.6 Å². The molecule has 5 aromatic rings. The maximum absolute atomic E-state index is 12.7. The van der Waals surface area contributed by atoms with Crippen LogP contribution in [0.4, 0.5) is 0 Å². The molecule has 44 heavy (non-hydrogen) atoms. The van der Waals surface area contributed by atoms with Crippen LogP contribution in [0.5, 0.6) is 23.1 Å². The van der Waals surface area contributed by atoms with Gasteiger partial charge in [0.25, 0.3) is 0 Å². The number of halogens is 3. The van der Waals surface area contributed by atoms with Crippen LogP contribution < -0.4 is 18.9 Å². The summed E-state index contributed by atoms with van der Waals surface area (Å²) in [7, 11) is 0. The Kier molecular flexibility index (Phi) is 8.87. The van der Waals surface area contributed by atoms with Gasteiger partial charge in [0.15, 0.2) is 5.75 Å². The largest absolute Gasteiger partial charge is 0.490 e. The monoisotopic (exact) mass is 714 g/mol. The highest BCUT2D eigenvalue weighted by molar-refractivity contribution is 9.11. The third kappa shape index (κ3) is 5.91. The molecule has 0 fully saturated rings. The van der Waals surface area contributed by atoms with Crippen molar-refractivity contribution in [3.05, 3.63) is 90.9 Å². The van der Waals surface area contributed by atoms with Crippen LogP contribution >= 0.6 is 50.5 Å². The first-order valence-corrected chi connectivity index (χ1v) is 16.0. The molecule has 226 valence electrons. The lowest BCUT2D eigenvalue weighted by molar-refractivity contribution is -0.145. The van der Waals surface area contributed by atoms with Crippen molar-refractivity contribution in [2.45, 2.75) is 33.0 Å². The van der Waals surface area contributed by atoms with Crippen molar-refractivity contribution in [1.82, 2.24) is 9.97 Å². The number of benzene rings is 3. The molecule has 2 aliphatic rings. The van der Waals surface area contributed by atoms with Crippen molar-refractivity contribution < 1.29 is 28.8 Å². The predicted octanol–water partition coefficient (Wildman–Crippen LogP) is 8.47. The number of rotatable bonds is 4.